The van der Waals surface area contributed by atoms with Crippen LogP contribution < -0.4 is 10.5 Å². The molecule has 9 nitrogen and oxygen atoms in total. The number of aliphatic hydroxyl groups excluding tert-OH is 1. The second kappa shape index (κ2) is 8.26. The van der Waals surface area contributed by atoms with E-state index >= 15 is 0 Å². The SMILES string of the molecule is NS(=O)(=O)OC[C@@H]1C[C@@H](n2cc(F)c3c(NCc4ccccc4)ncnc32)C[C@@H]1O. The minimum atomic E-state index is -4.09. The third-order valence-electron chi connectivity index (χ3n) is 5.34. The first kappa shape index (κ1) is 20.7. The summed E-state index contributed by atoms with van der Waals surface area (Å²) >= 11 is 0. The van der Waals surface area contributed by atoms with Crippen LogP contribution in [0.3, 0.4) is 0 Å². The molecule has 1 aromatic carbocycles. The number of fused-ring (bicyclic) bond motifs is 1. The van der Waals surface area contributed by atoms with Crippen LogP contribution in [0.4, 0.5) is 10.2 Å². The minimum Gasteiger partial charge on any atom is -0.393 e. The summed E-state index contributed by atoms with van der Waals surface area (Å²) < 4.78 is 43.2. The quantitative estimate of drug-likeness (QED) is 0.515. The molecule has 0 amide bonds. The van der Waals surface area contributed by atoms with E-state index in [1.54, 1.807) is 4.57 Å². The number of anilines is 1. The zero-order chi connectivity index (χ0) is 21.3. The normalized spacial score (nSPS) is 21.9. The molecular formula is C19H22FN5O4S. The van der Waals surface area contributed by atoms with Gasteiger partial charge in [-0.3, -0.25) is 4.18 Å². The molecule has 1 saturated carbocycles. The van der Waals surface area contributed by atoms with Gasteiger partial charge >= 0.3 is 10.3 Å². The van der Waals surface area contributed by atoms with Crippen LogP contribution in [0.15, 0.2) is 42.9 Å². The van der Waals surface area contributed by atoms with Crippen molar-refractivity contribution in [3.63, 3.8) is 0 Å². The van der Waals surface area contributed by atoms with E-state index < -0.39 is 28.1 Å². The maximum atomic E-state index is 14.8. The van der Waals surface area contributed by atoms with Gasteiger partial charge in [-0.15, -0.1) is 0 Å². The number of hydrogen-bond donors (Lipinski definition) is 3. The average molecular weight is 435 g/mol. The molecule has 2 aromatic heterocycles. The van der Waals surface area contributed by atoms with Crippen LogP contribution in [0.2, 0.25) is 0 Å². The summed E-state index contributed by atoms with van der Waals surface area (Å²) in [7, 11) is -4.09. The van der Waals surface area contributed by atoms with Crippen molar-refractivity contribution in [2.45, 2.75) is 31.5 Å². The second-order valence-electron chi connectivity index (χ2n) is 7.37. The Bertz CT molecular complexity index is 1140. The zero-order valence-corrected chi connectivity index (χ0v) is 16.8. The Hall–Kier alpha value is -2.60. The van der Waals surface area contributed by atoms with Crippen LogP contribution in [0.1, 0.15) is 24.4 Å². The van der Waals surface area contributed by atoms with Crippen molar-refractivity contribution in [3.05, 3.63) is 54.2 Å². The fourth-order valence-corrected chi connectivity index (χ4v) is 4.26. The summed E-state index contributed by atoms with van der Waals surface area (Å²) in [6.45, 7) is 0.254. The van der Waals surface area contributed by atoms with Gasteiger partial charge in [0, 0.05) is 24.7 Å². The molecule has 4 rings (SSSR count). The van der Waals surface area contributed by atoms with E-state index in [1.165, 1.54) is 12.5 Å². The molecule has 4 N–H and O–H groups in total. The molecule has 30 heavy (non-hydrogen) atoms. The first-order chi connectivity index (χ1) is 14.3. The second-order valence-corrected chi connectivity index (χ2v) is 8.60. The molecule has 11 heteroatoms. The van der Waals surface area contributed by atoms with Gasteiger partial charge in [-0.2, -0.15) is 8.42 Å². The molecule has 0 bridgehead atoms. The molecule has 160 valence electrons. The highest BCUT2D eigenvalue weighted by atomic mass is 32.2. The molecule has 0 unspecified atom stereocenters. The van der Waals surface area contributed by atoms with Crippen molar-refractivity contribution < 1.29 is 22.1 Å². The maximum absolute atomic E-state index is 14.8. The summed E-state index contributed by atoms with van der Waals surface area (Å²) in [5, 5.41) is 18.6. The third kappa shape index (κ3) is 4.43. The number of halogens is 1. The van der Waals surface area contributed by atoms with Crippen molar-refractivity contribution in [1.82, 2.24) is 14.5 Å². The highest BCUT2D eigenvalue weighted by Crippen LogP contribution is 2.38. The van der Waals surface area contributed by atoms with E-state index in [-0.39, 0.29) is 18.0 Å². The predicted octanol–water partition coefficient (Wildman–Crippen LogP) is 1.71. The highest BCUT2D eigenvalue weighted by molar-refractivity contribution is 7.84. The van der Waals surface area contributed by atoms with Gasteiger partial charge in [0.05, 0.1) is 18.1 Å². The molecular weight excluding hydrogens is 413 g/mol. The van der Waals surface area contributed by atoms with Gasteiger partial charge in [0.25, 0.3) is 0 Å². The van der Waals surface area contributed by atoms with Gasteiger partial charge < -0.3 is 15.0 Å². The van der Waals surface area contributed by atoms with Crippen molar-refractivity contribution in [3.8, 4) is 0 Å². The molecule has 1 fully saturated rings. The van der Waals surface area contributed by atoms with Crippen molar-refractivity contribution in [2.24, 2.45) is 11.1 Å². The van der Waals surface area contributed by atoms with Crippen molar-refractivity contribution >= 4 is 27.2 Å². The summed E-state index contributed by atoms with van der Waals surface area (Å²) in [5.74, 6) is -0.529. The van der Waals surface area contributed by atoms with Gasteiger partial charge in [0.1, 0.15) is 17.8 Å². The Balaban J connectivity index is 1.56. The summed E-state index contributed by atoms with van der Waals surface area (Å²) in [6, 6.07) is 9.41. The van der Waals surface area contributed by atoms with Crippen LogP contribution in [0.5, 0.6) is 0 Å². The van der Waals surface area contributed by atoms with E-state index in [1.807, 2.05) is 30.3 Å². The summed E-state index contributed by atoms with van der Waals surface area (Å²) in [5.41, 5.74) is 1.43. The van der Waals surface area contributed by atoms with Crippen LogP contribution in [-0.4, -0.2) is 40.8 Å². The molecule has 0 aliphatic heterocycles. The average Bonchev–Trinajstić information content (AvgIpc) is 3.25. The largest absolute Gasteiger partial charge is 0.393 e. The Morgan fingerprint density at radius 2 is 2.03 bits per heavy atom. The standard InChI is InChI=1S/C19H22FN5O4S/c20-15-9-25(14-6-13(16(26)7-14)10-29-30(21,27)28)19-17(15)18(23-11-24-19)22-8-12-4-2-1-3-5-12/h1-5,9,11,13-14,16,26H,6-8,10H2,(H2,21,27,28)(H,22,23,24)/t13-,14+,16-/m0/s1. The lowest BCUT2D eigenvalue weighted by Crippen LogP contribution is -2.24. The van der Waals surface area contributed by atoms with Gasteiger partial charge in [-0.1, -0.05) is 30.3 Å². The number of rotatable bonds is 7. The summed E-state index contributed by atoms with van der Waals surface area (Å²) in [4.78, 5) is 8.42. The predicted molar refractivity (Wildman–Crippen MR) is 108 cm³/mol. The Kier molecular flexibility index (Phi) is 5.69. The molecule has 2 heterocycles. The zero-order valence-electron chi connectivity index (χ0n) is 16.0. The first-order valence-electron chi connectivity index (χ1n) is 9.46. The number of benzene rings is 1. The molecule has 3 atom stereocenters. The number of nitrogens with one attached hydrogen (secondary N) is 1. The van der Waals surface area contributed by atoms with Gasteiger partial charge in [0.15, 0.2) is 5.82 Å². The van der Waals surface area contributed by atoms with Crippen LogP contribution >= 0.6 is 0 Å². The van der Waals surface area contributed by atoms with E-state index in [9.17, 15) is 17.9 Å². The van der Waals surface area contributed by atoms with E-state index in [2.05, 4.69) is 19.5 Å². The molecule has 1 aliphatic rings. The molecule has 3 aromatic rings. The van der Waals surface area contributed by atoms with Gasteiger partial charge in [-0.25, -0.2) is 19.5 Å². The summed E-state index contributed by atoms with van der Waals surface area (Å²) in [6.07, 6.45) is 2.62. The fourth-order valence-electron chi connectivity index (χ4n) is 3.90. The van der Waals surface area contributed by atoms with Crippen LogP contribution in [0.25, 0.3) is 11.0 Å². The van der Waals surface area contributed by atoms with Gasteiger partial charge in [0.2, 0.25) is 0 Å². The maximum Gasteiger partial charge on any atom is 0.333 e. The lowest BCUT2D eigenvalue weighted by Gasteiger charge is -2.14. The van der Waals surface area contributed by atoms with E-state index in [0.717, 1.165) is 5.56 Å². The topological polar surface area (TPSA) is 132 Å². The van der Waals surface area contributed by atoms with Crippen LogP contribution in [-0.2, 0) is 21.0 Å². The molecule has 0 radical (unpaired) electrons. The lowest BCUT2D eigenvalue weighted by molar-refractivity contribution is 0.100. The van der Waals surface area contributed by atoms with Crippen molar-refractivity contribution in [2.75, 3.05) is 11.9 Å². The number of aliphatic hydroxyl groups is 1. The number of aromatic nitrogens is 3. The van der Waals surface area contributed by atoms with Gasteiger partial charge in [-0.05, 0) is 18.4 Å². The molecule has 1 aliphatic carbocycles. The third-order valence-corrected chi connectivity index (χ3v) is 5.80. The number of nitrogens with zero attached hydrogens (tertiary/aromatic N) is 3. The smallest absolute Gasteiger partial charge is 0.333 e. The minimum absolute atomic E-state index is 0.225. The Labute approximate surface area is 173 Å². The first-order valence-corrected chi connectivity index (χ1v) is 10.9. The lowest BCUT2D eigenvalue weighted by atomic mass is 10.1. The van der Waals surface area contributed by atoms with Crippen LogP contribution in [0, 0.1) is 11.7 Å². The fraction of sp³-hybridized carbons (Fsp3) is 0.368. The number of nitrogens with two attached hydrogens (primary N) is 1. The molecule has 0 spiro atoms. The Morgan fingerprint density at radius 3 is 2.77 bits per heavy atom. The van der Waals surface area contributed by atoms with E-state index in [4.69, 9.17) is 5.14 Å². The van der Waals surface area contributed by atoms with Crippen molar-refractivity contribution in [1.29, 1.82) is 0 Å². The highest BCUT2D eigenvalue weighted by Gasteiger charge is 2.36. The number of hydrogen-bond acceptors (Lipinski definition) is 7. The Morgan fingerprint density at radius 1 is 1.27 bits per heavy atom. The monoisotopic (exact) mass is 435 g/mol. The molecule has 0 saturated heterocycles. The van der Waals surface area contributed by atoms with E-state index in [0.29, 0.717) is 30.9 Å².